The molecule has 1 aromatic heterocycles. The summed E-state index contributed by atoms with van der Waals surface area (Å²) < 4.78 is 5.69. The van der Waals surface area contributed by atoms with Gasteiger partial charge in [0.1, 0.15) is 0 Å². The van der Waals surface area contributed by atoms with Crippen molar-refractivity contribution in [2.45, 2.75) is 30.3 Å². The Labute approximate surface area is 183 Å². The molecule has 2 aromatic carbocycles. The quantitative estimate of drug-likeness (QED) is 0.460. The third-order valence-corrected chi connectivity index (χ3v) is 7.02. The molecule has 0 saturated carbocycles. The summed E-state index contributed by atoms with van der Waals surface area (Å²) in [7, 11) is 0. The molecule has 1 aliphatic rings. The monoisotopic (exact) mass is 444 g/mol. The number of hydrogen-bond donors (Lipinski definition) is 1. The summed E-state index contributed by atoms with van der Waals surface area (Å²) in [4.78, 5) is 19.3. The maximum atomic E-state index is 12.8. The Morgan fingerprint density at radius 1 is 1.24 bits per heavy atom. The highest BCUT2D eigenvalue weighted by atomic mass is 35.5. The zero-order valence-electron chi connectivity index (χ0n) is 15.8. The van der Waals surface area contributed by atoms with Crippen LogP contribution in [0.1, 0.15) is 33.6 Å². The van der Waals surface area contributed by atoms with Gasteiger partial charge in [-0.2, -0.15) is 0 Å². The Morgan fingerprint density at radius 3 is 2.86 bits per heavy atom. The molecular weight excluding hydrogens is 424 g/mol. The van der Waals surface area contributed by atoms with Crippen molar-refractivity contribution < 1.29 is 9.53 Å². The fraction of sp³-hybridized carbons (Fsp3) is 0.273. The molecule has 1 atom stereocenters. The number of carbonyl (C=O) groups is 1. The number of nitrogens with one attached hydrogen (secondary N) is 1. The number of ether oxygens (including phenoxy) is 1. The van der Waals surface area contributed by atoms with E-state index in [4.69, 9.17) is 16.3 Å². The standard InChI is InChI=1S/C22H21ClN2O2S2/c23-16-9-7-15(8-10-16)12-18-13-24-22(29-18)25-21(26)19-5-1-2-6-20(19)28-14-17-4-3-11-27-17/h1-2,5-10,13,17H,3-4,11-12,14H2,(H,24,25,26). The van der Waals surface area contributed by atoms with E-state index in [-0.39, 0.29) is 12.0 Å². The highest BCUT2D eigenvalue weighted by Crippen LogP contribution is 2.28. The molecule has 4 nitrogen and oxygen atoms in total. The van der Waals surface area contributed by atoms with Crippen molar-refractivity contribution in [1.82, 2.24) is 4.98 Å². The number of rotatable bonds is 7. The summed E-state index contributed by atoms with van der Waals surface area (Å²) in [6, 6.07) is 15.5. The van der Waals surface area contributed by atoms with Crippen molar-refractivity contribution in [3.8, 4) is 0 Å². The minimum atomic E-state index is -0.132. The van der Waals surface area contributed by atoms with Gasteiger partial charge in [0.05, 0.1) is 11.7 Å². The smallest absolute Gasteiger partial charge is 0.258 e. The fourth-order valence-electron chi connectivity index (χ4n) is 3.15. The second kappa shape index (κ2) is 9.76. The lowest BCUT2D eigenvalue weighted by Gasteiger charge is -2.11. The molecule has 4 rings (SSSR count). The lowest BCUT2D eigenvalue weighted by atomic mass is 10.1. The molecule has 3 aromatic rings. The van der Waals surface area contributed by atoms with Crippen LogP contribution in [-0.2, 0) is 11.2 Å². The lowest BCUT2D eigenvalue weighted by Crippen LogP contribution is -2.13. The molecule has 2 heterocycles. The first-order chi connectivity index (χ1) is 14.2. The molecule has 7 heteroatoms. The van der Waals surface area contributed by atoms with E-state index in [2.05, 4.69) is 10.3 Å². The summed E-state index contributed by atoms with van der Waals surface area (Å²) >= 11 is 9.11. The third-order valence-electron chi connectivity index (χ3n) is 4.65. The average molecular weight is 445 g/mol. The predicted octanol–water partition coefficient (Wildman–Crippen LogP) is 5.91. The molecule has 1 N–H and O–H groups in total. The zero-order chi connectivity index (χ0) is 20.1. The van der Waals surface area contributed by atoms with Crippen LogP contribution in [0.3, 0.4) is 0 Å². The van der Waals surface area contributed by atoms with Gasteiger partial charge in [-0.1, -0.05) is 35.9 Å². The Morgan fingerprint density at radius 2 is 2.07 bits per heavy atom. The predicted molar refractivity (Wildman–Crippen MR) is 120 cm³/mol. The molecule has 0 bridgehead atoms. The van der Waals surface area contributed by atoms with E-state index in [0.29, 0.717) is 10.7 Å². The minimum Gasteiger partial charge on any atom is -0.377 e. The number of benzene rings is 2. The van der Waals surface area contributed by atoms with E-state index >= 15 is 0 Å². The van der Waals surface area contributed by atoms with Crippen molar-refractivity contribution in [1.29, 1.82) is 0 Å². The highest BCUT2D eigenvalue weighted by molar-refractivity contribution is 7.99. The first-order valence-electron chi connectivity index (χ1n) is 9.51. The molecule has 0 aliphatic carbocycles. The van der Waals surface area contributed by atoms with Crippen LogP contribution in [0.4, 0.5) is 5.13 Å². The van der Waals surface area contributed by atoms with Gasteiger partial charge in [0.25, 0.3) is 5.91 Å². The topological polar surface area (TPSA) is 51.2 Å². The molecule has 150 valence electrons. The van der Waals surface area contributed by atoms with E-state index in [1.54, 1.807) is 11.8 Å². The van der Waals surface area contributed by atoms with Crippen LogP contribution in [0.2, 0.25) is 5.02 Å². The SMILES string of the molecule is O=C(Nc1ncc(Cc2ccc(Cl)cc2)s1)c1ccccc1SCC1CCCO1. The molecule has 1 fully saturated rings. The summed E-state index contributed by atoms with van der Waals surface area (Å²) in [5, 5.41) is 4.28. The molecular formula is C22H21ClN2O2S2. The largest absolute Gasteiger partial charge is 0.377 e. The number of amides is 1. The summed E-state index contributed by atoms with van der Waals surface area (Å²) in [5.74, 6) is 0.736. The van der Waals surface area contributed by atoms with E-state index < -0.39 is 0 Å². The van der Waals surface area contributed by atoms with Crippen molar-refractivity contribution >= 4 is 45.7 Å². The van der Waals surface area contributed by atoms with Crippen molar-refractivity contribution in [2.75, 3.05) is 17.7 Å². The first-order valence-corrected chi connectivity index (χ1v) is 11.7. The molecule has 1 aliphatic heterocycles. The maximum Gasteiger partial charge on any atom is 0.258 e. The molecule has 1 saturated heterocycles. The number of halogens is 1. The van der Waals surface area contributed by atoms with Gasteiger partial charge in [-0.15, -0.1) is 23.1 Å². The number of aromatic nitrogens is 1. The average Bonchev–Trinajstić information content (AvgIpc) is 3.40. The first kappa shape index (κ1) is 20.4. The third kappa shape index (κ3) is 5.60. The van der Waals surface area contributed by atoms with Crippen LogP contribution in [0.25, 0.3) is 0 Å². The van der Waals surface area contributed by atoms with E-state index in [1.807, 2.05) is 54.7 Å². The Balaban J connectivity index is 1.39. The van der Waals surface area contributed by atoms with E-state index in [1.165, 1.54) is 11.3 Å². The molecule has 0 spiro atoms. The van der Waals surface area contributed by atoms with Crippen LogP contribution in [-0.4, -0.2) is 29.4 Å². The number of nitrogens with zero attached hydrogens (tertiary/aromatic N) is 1. The van der Waals surface area contributed by atoms with Crippen LogP contribution in [0, 0.1) is 0 Å². The summed E-state index contributed by atoms with van der Waals surface area (Å²) in [5.41, 5.74) is 1.83. The van der Waals surface area contributed by atoms with Crippen LogP contribution < -0.4 is 5.32 Å². The molecule has 0 radical (unpaired) electrons. The van der Waals surface area contributed by atoms with Crippen molar-refractivity contribution in [3.63, 3.8) is 0 Å². The summed E-state index contributed by atoms with van der Waals surface area (Å²) in [6.45, 7) is 0.843. The fourth-order valence-corrected chi connectivity index (χ4v) is 5.24. The number of anilines is 1. The van der Waals surface area contributed by atoms with Gasteiger partial charge in [0.2, 0.25) is 0 Å². The number of carbonyl (C=O) groups excluding carboxylic acids is 1. The molecule has 1 unspecified atom stereocenters. The van der Waals surface area contributed by atoms with Crippen LogP contribution in [0.15, 0.2) is 59.6 Å². The van der Waals surface area contributed by atoms with Gasteiger partial charge in [0.15, 0.2) is 5.13 Å². The molecule has 29 heavy (non-hydrogen) atoms. The Hall–Kier alpha value is -1.86. The Kier molecular flexibility index (Phi) is 6.87. The van der Waals surface area contributed by atoms with Gasteiger partial charge in [-0.05, 0) is 42.7 Å². The number of thiazole rings is 1. The Bertz CT molecular complexity index is 969. The maximum absolute atomic E-state index is 12.8. The van der Waals surface area contributed by atoms with Crippen molar-refractivity contribution in [3.05, 3.63) is 75.8 Å². The van der Waals surface area contributed by atoms with Gasteiger partial charge >= 0.3 is 0 Å². The number of hydrogen-bond acceptors (Lipinski definition) is 5. The van der Waals surface area contributed by atoms with E-state index in [0.717, 1.165) is 52.0 Å². The molecule has 1 amide bonds. The van der Waals surface area contributed by atoms with Crippen LogP contribution >= 0.6 is 34.7 Å². The minimum absolute atomic E-state index is 0.132. The highest BCUT2D eigenvalue weighted by Gasteiger charge is 2.18. The van der Waals surface area contributed by atoms with Gasteiger partial charge in [0, 0.05) is 39.8 Å². The number of thioether (sulfide) groups is 1. The van der Waals surface area contributed by atoms with Crippen LogP contribution in [0.5, 0.6) is 0 Å². The van der Waals surface area contributed by atoms with Gasteiger partial charge in [-0.3, -0.25) is 10.1 Å². The van der Waals surface area contributed by atoms with E-state index in [9.17, 15) is 4.79 Å². The van der Waals surface area contributed by atoms with Crippen molar-refractivity contribution in [2.24, 2.45) is 0 Å². The van der Waals surface area contributed by atoms with Gasteiger partial charge in [-0.25, -0.2) is 4.98 Å². The zero-order valence-corrected chi connectivity index (χ0v) is 18.2. The lowest BCUT2D eigenvalue weighted by molar-refractivity contribution is 0.102. The normalized spacial score (nSPS) is 16.1. The second-order valence-corrected chi connectivity index (χ2v) is 9.44. The summed E-state index contributed by atoms with van der Waals surface area (Å²) in [6.07, 6.45) is 5.07. The van der Waals surface area contributed by atoms with Gasteiger partial charge < -0.3 is 4.74 Å². The second-order valence-electron chi connectivity index (χ2n) is 6.83.